The molecular formula is C19H27N3O2. The number of nitrogens with zero attached hydrogens (tertiary/aromatic N) is 1. The van der Waals surface area contributed by atoms with Crippen LogP contribution in [0.1, 0.15) is 44.1 Å². The number of carbonyl (C=O) groups excluding carboxylic acids is 2. The summed E-state index contributed by atoms with van der Waals surface area (Å²) in [6.07, 6.45) is 6.34. The molecule has 5 nitrogen and oxygen atoms in total. The van der Waals surface area contributed by atoms with Crippen LogP contribution in [-0.2, 0) is 4.79 Å². The van der Waals surface area contributed by atoms with Crippen molar-refractivity contribution in [2.45, 2.75) is 51.5 Å². The lowest BCUT2D eigenvalue weighted by molar-refractivity contribution is -0.117. The Morgan fingerprint density at radius 3 is 2.58 bits per heavy atom. The molecule has 0 radical (unpaired) electrons. The fourth-order valence-electron chi connectivity index (χ4n) is 3.61. The van der Waals surface area contributed by atoms with E-state index in [1.807, 2.05) is 36.1 Å². The summed E-state index contributed by atoms with van der Waals surface area (Å²) in [5, 5.41) is 6.00. The third kappa shape index (κ3) is 4.28. The van der Waals surface area contributed by atoms with Crippen molar-refractivity contribution in [3.05, 3.63) is 29.8 Å². The molecular weight excluding hydrogens is 302 g/mol. The number of aryl methyl sites for hydroxylation is 1. The Balaban J connectivity index is 1.45. The molecule has 1 saturated carbocycles. The van der Waals surface area contributed by atoms with Gasteiger partial charge in [-0.05, 0) is 31.9 Å². The molecule has 1 aliphatic carbocycles. The molecule has 3 amide bonds. The molecule has 2 N–H and O–H groups in total. The molecule has 0 bridgehead atoms. The molecule has 1 unspecified atom stereocenters. The van der Waals surface area contributed by atoms with Gasteiger partial charge in [-0.25, -0.2) is 4.79 Å². The van der Waals surface area contributed by atoms with Crippen LogP contribution in [-0.4, -0.2) is 31.1 Å². The normalized spacial score (nSPS) is 21.8. The number of benzene rings is 1. The van der Waals surface area contributed by atoms with Crippen LogP contribution < -0.4 is 15.5 Å². The van der Waals surface area contributed by atoms with Crippen molar-refractivity contribution in [2.24, 2.45) is 5.92 Å². The second kappa shape index (κ2) is 7.69. The van der Waals surface area contributed by atoms with Crippen LogP contribution in [0.3, 0.4) is 0 Å². The second-order valence-corrected chi connectivity index (χ2v) is 7.10. The van der Waals surface area contributed by atoms with Crippen LogP contribution in [0.4, 0.5) is 10.5 Å². The average Bonchev–Trinajstić information content (AvgIpc) is 2.95. The molecule has 1 aromatic rings. The first kappa shape index (κ1) is 16.8. The average molecular weight is 329 g/mol. The van der Waals surface area contributed by atoms with Crippen LogP contribution in [0, 0.1) is 12.8 Å². The van der Waals surface area contributed by atoms with E-state index in [0.717, 1.165) is 18.5 Å². The SMILES string of the molecule is Cc1ccc(N2CC(CNC(=O)NC3CCCCC3)CC2=O)cc1. The zero-order chi connectivity index (χ0) is 16.9. The minimum Gasteiger partial charge on any atom is -0.338 e. The number of hydrogen-bond donors (Lipinski definition) is 2. The van der Waals surface area contributed by atoms with Crippen molar-refractivity contribution in [2.75, 3.05) is 18.0 Å². The summed E-state index contributed by atoms with van der Waals surface area (Å²) in [5.41, 5.74) is 2.13. The van der Waals surface area contributed by atoms with E-state index in [2.05, 4.69) is 10.6 Å². The standard InChI is InChI=1S/C19H27N3O2/c1-14-7-9-17(10-8-14)22-13-15(11-18(22)23)12-20-19(24)21-16-5-3-2-4-6-16/h7-10,15-16H,2-6,11-13H2,1H3,(H2,20,21,24). The highest BCUT2D eigenvalue weighted by atomic mass is 16.2. The molecule has 2 fully saturated rings. The Morgan fingerprint density at radius 2 is 1.88 bits per heavy atom. The van der Waals surface area contributed by atoms with E-state index in [-0.39, 0.29) is 17.9 Å². The van der Waals surface area contributed by atoms with E-state index >= 15 is 0 Å². The molecule has 5 heteroatoms. The number of nitrogens with one attached hydrogen (secondary N) is 2. The Bertz CT molecular complexity index is 579. The summed E-state index contributed by atoms with van der Waals surface area (Å²) in [4.78, 5) is 26.1. The first-order valence-corrected chi connectivity index (χ1v) is 9.03. The van der Waals surface area contributed by atoms with Crippen molar-refractivity contribution < 1.29 is 9.59 Å². The molecule has 1 aliphatic heterocycles. The summed E-state index contributed by atoms with van der Waals surface area (Å²) in [7, 11) is 0. The van der Waals surface area contributed by atoms with Crippen molar-refractivity contribution in [3.63, 3.8) is 0 Å². The molecule has 0 aromatic heterocycles. The zero-order valence-corrected chi connectivity index (χ0v) is 14.4. The monoisotopic (exact) mass is 329 g/mol. The van der Waals surface area contributed by atoms with E-state index < -0.39 is 0 Å². The summed E-state index contributed by atoms with van der Waals surface area (Å²) in [6.45, 7) is 3.26. The number of carbonyl (C=O) groups is 2. The minimum absolute atomic E-state index is 0.0943. The summed E-state index contributed by atoms with van der Waals surface area (Å²) in [6, 6.07) is 8.23. The van der Waals surface area contributed by atoms with Gasteiger partial charge in [0.15, 0.2) is 0 Å². The lowest BCUT2D eigenvalue weighted by atomic mass is 9.96. The largest absolute Gasteiger partial charge is 0.338 e. The zero-order valence-electron chi connectivity index (χ0n) is 14.4. The first-order chi connectivity index (χ1) is 11.6. The van der Waals surface area contributed by atoms with Gasteiger partial charge >= 0.3 is 6.03 Å². The van der Waals surface area contributed by atoms with Crippen molar-refractivity contribution in [3.8, 4) is 0 Å². The lowest BCUT2D eigenvalue weighted by Gasteiger charge is -2.23. The highest BCUT2D eigenvalue weighted by Crippen LogP contribution is 2.25. The molecule has 0 spiro atoms. The van der Waals surface area contributed by atoms with Gasteiger partial charge in [-0.15, -0.1) is 0 Å². The predicted molar refractivity (Wildman–Crippen MR) is 95.0 cm³/mol. The summed E-state index contributed by atoms with van der Waals surface area (Å²) < 4.78 is 0. The highest BCUT2D eigenvalue weighted by molar-refractivity contribution is 5.95. The van der Waals surface area contributed by atoms with Crippen LogP contribution in [0.5, 0.6) is 0 Å². The molecule has 1 atom stereocenters. The van der Waals surface area contributed by atoms with E-state index in [1.165, 1.54) is 24.8 Å². The fraction of sp³-hybridized carbons (Fsp3) is 0.579. The molecule has 2 aliphatic rings. The number of rotatable bonds is 4. The van der Waals surface area contributed by atoms with Gasteiger partial charge in [0.25, 0.3) is 0 Å². The lowest BCUT2D eigenvalue weighted by Crippen LogP contribution is -2.44. The van der Waals surface area contributed by atoms with Crippen LogP contribution in [0.15, 0.2) is 24.3 Å². The van der Waals surface area contributed by atoms with Gasteiger partial charge in [0, 0.05) is 37.2 Å². The van der Waals surface area contributed by atoms with Crippen molar-refractivity contribution in [1.29, 1.82) is 0 Å². The first-order valence-electron chi connectivity index (χ1n) is 9.03. The van der Waals surface area contributed by atoms with Crippen molar-refractivity contribution in [1.82, 2.24) is 10.6 Å². The van der Waals surface area contributed by atoms with Gasteiger partial charge in [0.05, 0.1) is 0 Å². The van der Waals surface area contributed by atoms with Crippen LogP contribution in [0.2, 0.25) is 0 Å². The second-order valence-electron chi connectivity index (χ2n) is 7.10. The van der Waals surface area contributed by atoms with Gasteiger partial charge in [-0.3, -0.25) is 4.79 Å². The Morgan fingerprint density at radius 1 is 1.17 bits per heavy atom. The maximum atomic E-state index is 12.2. The topological polar surface area (TPSA) is 61.4 Å². The molecule has 1 saturated heterocycles. The van der Waals surface area contributed by atoms with Gasteiger partial charge in [-0.2, -0.15) is 0 Å². The summed E-state index contributed by atoms with van der Waals surface area (Å²) in [5.74, 6) is 0.314. The Labute approximate surface area is 143 Å². The molecule has 130 valence electrons. The molecule has 1 heterocycles. The Hall–Kier alpha value is -2.04. The van der Waals surface area contributed by atoms with Crippen LogP contribution in [0.25, 0.3) is 0 Å². The quantitative estimate of drug-likeness (QED) is 0.892. The number of anilines is 1. The maximum absolute atomic E-state index is 12.2. The van der Waals surface area contributed by atoms with E-state index in [4.69, 9.17) is 0 Å². The van der Waals surface area contributed by atoms with E-state index in [0.29, 0.717) is 25.6 Å². The predicted octanol–water partition coefficient (Wildman–Crippen LogP) is 2.98. The Kier molecular flexibility index (Phi) is 5.38. The number of urea groups is 1. The van der Waals surface area contributed by atoms with Gasteiger partial charge in [-0.1, -0.05) is 37.0 Å². The molecule has 24 heavy (non-hydrogen) atoms. The molecule has 1 aromatic carbocycles. The smallest absolute Gasteiger partial charge is 0.315 e. The maximum Gasteiger partial charge on any atom is 0.315 e. The van der Waals surface area contributed by atoms with Crippen molar-refractivity contribution >= 4 is 17.6 Å². The highest BCUT2D eigenvalue weighted by Gasteiger charge is 2.30. The molecule has 3 rings (SSSR count). The third-order valence-electron chi connectivity index (χ3n) is 5.04. The third-order valence-corrected chi connectivity index (χ3v) is 5.04. The summed E-state index contributed by atoms with van der Waals surface area (Å²) >= 11 is 0. The van der Waals surface area contributed by atoms with E-state index in [9.17, 15) is 9.59 Å². The van der Waals surface area contributed by atoms with Crippen LogP contribution >= 0.6 is 0 Å². The fourth-order valence-corrected chi connectivity index (χ4v) is 3.61. The van der Waals surface area contributed by atoms with Gasteiger partial charge in [0.1, 0.15) is 0 Å². The van der Waals surface area contributed by atoms with Gasteiger partial charge in [0.2, 0.25) is 5.91 Å². The number of hydrogen-bond acceptors (Lipinski definition) is 2. The van der Waals surface area contributed by atoms with Gasteiger partial charge < -0.3 is 15.5 Å². The minimum atomic E-state index is -0.0943. The van der Waals surface area contributed by atoms with E-state index in [1.54, 1.807) is 0 Å². The number of amides is 3.